The summed E-state index contributed by atoms with van der Waals surface area (Å²) < 4.78 is 1.84. The zero-order valence-corrected chi connectivity index (χ0v) is 11.3. The summed E-state index contributed by atoms with van der Waals surface area (Å²) in [5.41, 5.74) is 0.637. The first-order valence-corrected chi connectivity index (χ1v) is 6.64. The fraction of sp³-hybridized carbons (Fsp3) is 0.500. The lowest BCUT2D eigenvalue weighted by atomic mass is 10.3. The summed E-state index contributed by atoms with van der Waals surface area (Å²) in [5, 5.41) is 14.3. The minimum Gasteiger partial charge on any atom is -0.358 e. The number of piperazine rings is 1. The van der Waals surface area contributed by atoms with Crippen LogP contribution >= 0.6 is 0 Å². The van der Waals surface area contributed by atoms with Crippen LogP contribution in [0.4, 0.5) is 5.82 Å². The molecular formula is C12H17N7O. The third kappa shape index (κ3) is 2.42. The number of hydrogen-bond acceptors (Lipinski definition) is 6. The zero-order valence-electron chi connectivity index (χ0n) is 11.3. The summed E-state index contributed by atoms with van der Waals surface area (Å²) in [7, 11) is 0. The summed E-state index contributed by atoms with van der Waals surface area (Å²) in [4.78, 5) is 18.1. The predicted molar refractivity (Wildman–Crippen MR) is 73.5 cm³/mol. The molecule has 1 aliphatic rings. The number of fused-ring (bicyclic) bond motifs is 1. The van der Waals surface area contributed by atoms with Crippen molar-refractivity contribution < 1.29 is 4.79 Å². The molecule has 0 atom stereocenters. The van der Waals surface area contributed by atoms with Crippen molar-refractivity contribution in [3.63, 3.8) is 0 Å². The van der Waals surface area contributed by atoms with Crippen LogP contribution in [0, 0.1) is 6.92 Å². The first kappa shape index (κ1) is 12.8. The van der Waals surface area contributed by atoms with Gasteiger partial charge >= 0.3 is 0 Å². The summed E-state index contributed by atoms with van der Waals surface area (Å²) in [6.07, 6.45) is 3.47. The standard InChI is InChI=1S/C12H17N7O/c1-9-16-17-12-11(14-4-7-19(9)12)15-8-10(20)18-5-2-13-3-6-18/h4,7,13H,2-3,5-6,8H2,1H3,(H,14,15). The molecule has 2 N–H and O–H groups in total. The fourth-order valence-electron chi connectivity index (χ4n) is 2.25. The molecule has 20 heavy (non-hydrogen) atoms. The molecule has 0 bridgehead atoms. The van der Waals surface area contributed by atoms with E-state index in [4.69, 9.17) is 0 Å². The Bertz CT molecular complexity index is 617. The number of rotatable bonds is 3. The lowest BCUT2D eigenvalue weighted by Crippen LogP contribution is -2.48. The van der Waals surface area contributed by atoms with Gasteiger partial charge in [0.05, 0.1) is 6.54 Å². The van der Waals surface area contributed by atoms with Gasteiger partial charge in [0.15, 0.2) is 5.82 Å². The molecule has 0 unspecified atom stereocenters. The number of carbonyl (C=O) groups excluding carboxylic acids is 1. The SMILES string of the molecule is Cc1nnc2c(NCC(=O)N3CCNCC3)nccn12. The third-order valence-corrected chi connectivity index (χ3v) is 3.37. The van der Waals surface area contributed by atoms with E-state index in [0.717, 1.165) is 32.0 Å². The van der Waals surface area contributed by atoms with Crippen LogP contribution in [0.2, 0.25) is 0 Å². The van der Waals surface area contributed by atoms with Gasteiger partial charge < -0.3 is 15.5 Å². The maximum absolute atomic E-state index is 12.1. The van der Waals surface area contributed by atoms with Crippen molar-refractivity contribution in [3.8, 4) is 0 Å². The molecule has 1 amide bonds. The van der Waals surface area contributed by atoms with E-state index < -0.39 is 0 Å². The molecule has 0 radical (unpaired) electrons. The van der Waals surface area contributed by atoms with Crippen molar-refractivity contribution in [3.05, 3.63) is 18.2 Å². The van der Waals surface area contributed by atoms with Crippen molar-refractivity contribution in [1.29, 1.82) is 0 Å². The summed E-state index contributed by atoms with van der Waals surface area (Å²) in [5.74, 6) is 1.45. The molecule has 0 spiro atoms. The second-order valence-electron chi connectivity index (χ2n) is 4.70. The van der Waals surface area contributed by atoms with Gasteiger partial charge in [-0.3, -0.25) is 9.20 Å². The topological polar surface area (TPSA) is 87.5 Å². The Hall–Kier alpha value is -2.22. The highest BCUT2D eigenvalue weighted by Crippen LogP contribution is 2.11. The van der Waals surface area contributed by atoms with Gasteiger partial charge in [-0.05, 0) is 6.92 Å². The van der Waals surface area contributed by atoms with Crippen molar-refractivity contribution in [1.82, 2.24) is 29.8 Å². The lowest BCUT2D eigenvalue weighted by Gasteiger charge is -2.27. The average Bonchev–Trinajstić information content (AvgIpc) is 2.88. The summed E-state index contributed by atoms with van der Waals surface area (Å²) in [6.45, 7) is 5.30. The average molecular weight is 275 g/mol. The maximum atomic E-state index is 12.1. The van der Waals surface area contributed by atoms with Gasteiger partial charge in [0.25, 0.3) is 0 Å². The molecule has 3 rings (SSSR count). The van der Waals surface area contributed by atoms with Crippen molar-refractivity contribution in [2.45, 2.75) is 6.92 Å². The van der Waals surface area contributed by atoms with Gasteiger partial charge in [-0.2, -0.15) is 0 Å². The van der Waals surface area contributed by atoms with E-state index in [1.54, 1.807) is 12.4 Å². The normalized spacial score (nSPS) is 15.6. The Morgan fingerprint density at radius 1 is 1.40 bits per heavy atom. The fourth-order valence-corrected chi connectivity index (χ4v) is 2.25. The molecular weight excluding hydrogens is 258 g/mol. The van der Waals surface area contributed by atoms with Gasteiger partial charge in [-0.15, -0.1) is 10.2 Å². The molecule has 8 nitrogen and oxygen atoms in total. The molecule has 1 fully saturated rings. The smallest absolute Gasteiger partial charge is 0.242 e. The number of aromatic nitrogens is 4. The summed E-state index contributed by atoms with van der Waals surface area (Å²) >= 11 is 0. The second kappa shape index (κ2) is 5.41. The first-order chi connectivity index (χ1) is 9.75. The third-order valence-electron chi connectivity index (χ3n) is 3.37. The van der Waals surface area contributed by atoms with Crippen LogP contribution in [0.1, 0.15) is 5.82 Å². The number of hydrogen-bond donors (Lipinski definition) is 2. The first-order valence-electron chi connectivity index (χ1n) is 6.64. The Morgan fingerprint density at radius 3 is 3.00 bits per heavy atom. The van der Waals surface area contributed by atoms with Gasteiger partial charge in [-0.1, -0.05) is 0 Å². The van der Waals surface area contributed by atoms with Gasteiger partial charge in [0, 0.05) is 38.6 Å². The molecule has 1 saturated heterocycles. The van der Waals surface area contributed by atoms with E-state index in [-0.39, 0.29) is 12.5 Å². The summed E-state index contributed by atoms with van der Waals surface area (Å²) in [6, 6.07) is 0. The maximum Gasteiger partial charge on any atom is 0.242 e. The van der Waals surface area contributed by atoms with E-state index in [0.29, 0.717) is 11.5 Å². The Balaban J connectivity index is 1.69. The minimum absolute atomic E-state index is 0.0755. The molecule has 2 aromatic rings. The van der Waals surface area contributed by atoms with E-state index in [9.17, 15) is 4.79 Å². The minimum atomic E-state index is 0.0755. The largest absolute Gasteiger partial charge is 0.358 e. The number of amides is 1. The van der Waals surface area contributed by atoms with Crippen LogP contribution in [0.25, 0.3) is 5.65 Å². The van der Waals surface area contributed by atoms with Crippen molar-refractivity contribution >= 4 is 17.4 Å². The molecule has 0 aromatic carbocycles. The second-order valence-corrected chi connectivity index (χ2v) is 4.70. The molecule has 2 aromatic heterocycles. The highest BCUT2D eigenvalue weighted by molar-refractivity contribution is 5.81. The number of nitrogens with one attached hydrogen (secondary N) is 2. The number of anilines is 1. The zero-order chi connectivity index (χ0) is 13.9. The molecule has 8 heteroatoms. The molecule has 106 valence electrons. The van der Waals surface area contributed by atoms with Crippen LogP contribution in [-0.4, -0.2) is 63.1 Å². The lowest BCUT2D eigenvalue weighted by molar-refractivity contribution is -0.129. The van der Waals surface area contributed by atoms with Crippen molar-refractivity contribution in [2.24, 2.45) is 0 Å². The van der Waals surface area contributed by atoms with Crippen LogP contribution in [-0.2, 0) is 4.79 Å². The molecule has 0 aliphatic carbocycles. The van der Waals surface area contributed by atoms with Gasteiger partial charge in [-0.25, -0.2) is 4.98 Å². The van der Waals surface area contributed by atoms with Crippen LogP contribution in [0.3, 0.4) is 0 Å². The number of nitrogens with zero attached hydrogens (tertiary/aromatic N) is 5. The van der Waals surface area contributed by atoms with E-state index in [1.807, 2.05) is 16.2 Å². The van der Waals surface area contributed by atoms with E-state index >= 15 is 0 Å². The quantitative estimate of drug-likeness (QED) is 0.768. The Labute approximate surface area is 116 Å². The van der Waals surface area contributed by atoms with Crippen LogP contribution in [0.5, 0.6) is 0 Å². The van der Waals surface area contributed by atoms with Gasteiger partial charge in [0.2, 0.25) is 11.6 Å². The number of carbonyl (C=O) groups is 1. The van der Waals surface area contributed by atoms with Crippen molar-refractivity contribution in [2.75, 3.05) is 38.0 Å². The monoisotopic (exact) mass is 275 g/mol. The molecule has 0 saturated carbocycles. The highest BCUT2D eigenvalue weighted by atomic mass is 16.2. The van der Waals surface area contributed by atoms with Crippen LogP contribution < -0.4 is 10.6 Å². The Kier molecular flexibility index (Phi) is 3.46. The van der Waals surface area contributed by atoms with Crippen LogP contribution in [0.15, 0.2) is 12.4 Å². The predicted octanol–water partition coefficient (Wildman–Crippen LogP) is -0.724. The highest BCUT2D eigenvalue weighted by Gasteiger charge is 2.16. The van der Waals surface area contributed by atoms with E-state index in [1.165, 1.54) is 0 Å². The Morgan fingerprint density at radius 2 is 2.20 bits per heavy atom. The number of aryl methyl sites for hydroxylation is 1. The van der Waals surface area contributed by atoms with E-state index in [2.05, 4.69) is 25.8 Å². The van der Waals surface area contributed by atoms with Gasteiger partial charge in [0.1, 0.15) is 5.82 Å². The molecule has 3 heterocycles. The molecule has 1 aliphatic heterocycles.